The molecule has 0 radical (unpaired) electrons. The molecule has 2 nitrogen and oxygen atoms in total. The summed E-state index contributed by atoms with van der Waals surface area (Å²) >= 11 is 4.21. The summed E-state index contributed by atoms with van der Waals surface area (Å²) in [6, 6.07) is 13.8. The average Bonchev–Trinajstić information content (AvgIpc) is 2.29. The predicted molar refractivity (Wildman–Crippen MR) is 83.8 cm³/mol. The van der Waals surface area contributed by atoms with Crippen molar-refractivity contribution in [1.29, 1.82) is 0 Å². The highest BCUT2D eigenvalue weighted by Gasteiger charge is 2.17. The first-order valence-corrected chi connectivity index (χ1v) is 8.40. The van der Waals surface area contributed by atoms with E-state index in [-0.39, 0.29) is 0 Å². The van der Waals surface area contributed by atoms with Gasteiger partial charge in [-0.15, -0.1) is 0 Å². The highest BCUT2D eigenvalue weighted by molar-refractivity contribution is 14.1. The van der Waals surface area contributed by atoms with Crippen LogP contribution in [0.1, 0.15) is 0 Å². The monoisotopic (exact) mass is 470 g/mol. The minimum Gasteiger partial charge on any atom is -0.219 e. The van der Waals surface area contributed by atoms with Gasteiger partial charge in [-0.25, -0.2) is 8.42 Å². The molecule has 2 aromatic rings. The van der Waals surface area contributed by atoms with Gasteiger partial charge in [-0.2, -0.15) is 0 Å². The molecular weight excluding hydrogens is 462 g/mol. The Morgan fingerprint density at radius 3 is 1.53 bits per heavy atom. The molecule has 0 aliphatic rings. The lowest BCUT2D eigenvalue weighted by Gasteiger charge is -2.05. The smallest absolute Gasteiger partial charge is 0.206 e. The molecule has 0 aliphatic carbocycles. The van der Waals surface area contributed by atoms with Gasteiger partial charge in [0.15, 0.2) is 0 Å². The third-order valence-corrected chi connectivity index (χ3v) is 5.30. The second kappa shape index (κ2) is 5.23. The summed E-state index contributed by atoms with van der Waals surface area (Å²) in [5.41, 5.74) is 0. The molecular formula is C12H8I2O2S. The van der Waals surface area contributed by atoms with E-state index in [0.29, 0.717) is 9.79 Å². The largest absolute Gasteiger partial charge is 0.219 e. The van der Waals surface area contributed by atoms with Gasteiger partial charge in [0.1, 0.15) is 0 Å². The zero-order valence-corrected chi connectivity index (χ0v) is 13.7. The molecule has 0 unspecified atom stereocenters. The van der Waals surface area contributed by atoms with Crippen LogP contribution in [0.15, 0.2) is 58.3 Å². The Morgan fingerprint density at radius 2 is 1.18 bits per heavy atom. The second-order valence-electron chi connectivity index (χ2n) is 3.42. The van der Waals surface area contributed by atoms with Crippen molar-refractivity contribution in [1.82, 2.24) is 0 Å². The van der Waals surface area contributed by atoms with E-state index in [9.17, 15) is 8.42 Å². The van der Waals surface area contributed by atoms with Crippen molar-refractivity contribution < 1.29 is 8.42 Å². The molecule has 0 N–H and O–H groups in total. The minimum atomic E-state index is -3.39. The maximum Gasteiger partial charge on any atom is 0.206 e. The van der Waals surface area contributed by atoms with Crippen molar-refractivity contribution in [3.63, 3.8) is 0 Å². The van der Waals surface area contributed by atoms with Crippen LogP contribution in [0.5, 0.6) is 0 Å². The molecule has 2 aromatic carbocycles. The molecule has 0 fully saturated rings. The molecule has 88 valence electrons. The molecule has 2 rings (SSSR count). The number of hydrogen-bond acceptors (Lipinski definition) is 2. The van der Waals surface area contributed by atoms with Gasteiger partial charge in [-0.05, 0) is 81.6 Å². The number of halogens is 2. The number of rotatable bonds is 2. The van der Waals surface area contributed by atoms with Gasteiger partial charge >= 0.3 is 0 Å². The number of hydrogen-bond donors (Lipinski definition) is 0. The third-order valence-electron chi connectivity index (χ3n) is 2.21. The number of benzene rings is 2. The Labute approximate surface area is 128 Å². The fourth-order valence-corrected chi connectivity index (χ4v) is 4.27. The lowest BCUT2D eigenvalue weighted by atomic mass is 10.4. The van der Waals surface area contributed by atoms with Gasteiger partial charge in [0.05, 0.1) is 9.79 Å². The zero-order chi connectivity index (χ0) is 12.5. The van der Waals surface area contributed by atoms with E-state index in [4.69, 9.17) is 0 Å². The van der Waals surface area contributed by atoms with Gasteiger partial charge in [-0.1, -0.05) is 12.1 Å². The Bertz CT molecular complexity index is 600. The molecule has 0 aromatic heterocycles. The third kappa shape index (κ3) is 3.00. The van der Waals surface area contributed by atoms with E-state index >= 15 is 0 Å². The van der Waals surface area contributed by atoms with Crippen LogP contribution in [-0.4, -0.2) is 8.42 Å². The van der Waals surface area contributed by atoms with E-state index in [1.807, 2.05) is 12.1 Å². The summed E-state index contributed by atoms with van der Waals surface area (Å²) < 4.78 is 26.5. The number of sulfone groups is 1. The summed E-state index contributed by atoms with van der Waals surface area (Å²) in [6.07, 6.45) is 0. The van der Waals surface area contributed by atoms with Crippen LogP contribution in [0, 0.1) is 7.14 Å². The van der Waals surface area contributed by atoms with Crippen molar-refractivity contribution in [3.8, 4) is 0 Å². The van der Waals surface area contributed by atoms with Crippen molar-refractivity contribution in [3.05, 3.63) is 55.7 Å². The lowest BCUT2D eigenvalue weighted by Crippen LogP contribution is -2.02. The van der Waals surface area contributed by atoms with Gasteiger partial charge in [0.25, 0.3) is 0 Å². The van der Waals surface area contributed by atoms with Crippen LogP contribution in [0.25, 0.3) is 0 Å². The SMILES string of the molecule is O=S(=O)(c1cccc(I)c1)c1cccc(I)c1. The Kier molecular flexibility index (Phi) is 4.09. The van der Waals surface area contributed by atoms with Gasteiger partial charge < -0.3 is 0 Å². The molecule has 0 atom stereocenters. The fourth-order valence-electron chi connectivity index (χ4n) is 1.40. The predicted octanol–water partition coefficient (Wildman–Crippen LogP) is 3.73. The minimum absolute atomic E-state index is 0.339. The maximum absolute atomic E-state index is 12.3. The van der Waals surface area contributed by atoms with Crippen LogP contribution in [0.2, 0.25) is 0 Å². The highest BCUT2D eigenvalue weighted by Crippen LogP contribution is 2.23. The normalized spacial score (nSPS) is 11.4. The molecule has 0 aliphatic heterocycles. The summed E-state index contributed by atoms with van der Waals surface area (Å²) in [6.45, 7) is 0. The molecule has 0 bridgehead atoms. The van der Waals surface area contributed by atoms with Crippen LogP contribution in [0.3, 0.4) is 0 Å². The van der Waals surface area contributed by atoms with E-state index in [0.717, 1.165) is 7.14 Å². The quantitative estimate of drug-likeness (QED) is 0.628. The van der Waals surface area contributed by atoms with Crippen LogP contribution in [-0.2, 0) is 9.84 Å². The maximum atomic E-state index is 12.3. The first-order chi connectivity index (χ1) is 8.00. The standard InChI is InChI=1S/C12H8I2O2S/c13-9-3-1-5-11(7-9)17(15,16)12-6-2-4-10(14)8-12/h1-8H. The summed E-state index contributed by atoms with van der Waals surface area (Å²) in [7, 11) is -3.39. The van der Waals surface area contributed by atoms with Crippen molar-refractivity contribution >= 4 is 55.0 Å². The molecule has 0 amide bonds. The first kappa shape index (κ1) is 13.3. The van der Waals surface area contributed by atoms with Crippen LogP contribution in [0.4, 0.5) is 0 Å². The average molecular weight is 470 g/mol. The van der Waals surface area contributed by atoms with E-state index in [2.05, 4.69) is 45.2 Å². The summed E-state index contributed by atoms with van der Waals surface area (Å²) in [5, 5.41) is 0. The Morgan fingerprint density at radius 1 is 0.765 bits per heavy atom. The molecule has 0 saturated heterocycles. The lowest BCUT2D eigenvalue weighted by molar-refractivity contribution is 0.596. The fraction of sp³-hybridized carbons (Fsp3) is 0. The van der Waals surface area contributed by atoms with Gasteiger partial charge in [-0.3, -0.25) is 0 Å². The second-order valence-corrected chi connectivity index (χ2v) is 7.86. The molecule has 5 heteroatoms. The first-order valence-electron chi connectivity index (χ1n) is 4.76. The molecule has 0 spiro atoms. The van der Waals surface area contributed by atoms with Crippen LogP contribution >= 0.6 is 45.2 Å². The molecule has 17 heavy (non-hydrogen) atoms. The Hall–Kier alpha value is -0.150. The molecule has 0 heterocycles. The van der Waals surface area contributed by atoms with E-state index in [1.165, 1.54) is 0 Å². The summed E-state index contributed by atoms with van der Waals surface area (Å²) in [5.74, 6) is 0. The van der Waals surface area contributed by atoms with E-state index in [1.54, 1.807) is 36.4 Å². The Balaban J connectivity index is 2.58. The zero-order valence-electron chi connectivity index (χ0n) is 8.60. The van der Waals surface area contributed by atoms with Crippen molar-refractivity contribution in [2.75, 3.05) is 0 Å². The van der Waals surface area contributed by atoms with E-state index < -0.39 is 9.84 Å². The highest BCUT2D eigenvalue weighted by atomic mass is 127. The van der Waals surface area contributed by atoms with Gasteiger partial charge in [0.2, 0.25) is 9.84 Å². The topological polar surface area (TPSA) is 34.1 Å². The summed E-state index contributed by atoms with van der Waals surface area (Å²) in [4.78, 5) is 0.679. The molecule has 0 saturated carbocycles. The van der Waals surface area contributed by atoms with Crippen molar-refractivity contribution in [2.45, 2.75) is 9.79 Å². The van der Waals surface area contributed by atoms with Gasteiger partial charge in [0, 0.05) is 7.14 Å². The van der Waals surface area contributed by atoms with Crippen molar-refractivity contribution in [2.24, 2.45) is 0 Å². The van der Waals surface area contributed by atoms with Crippen LogP contribution < -0.4 is 0 Å².